The Hall–Kier alpha value is -3.04. The highest BCUT2D eigenvalue weighted by Crippen LogP contribution is 2.62. The molecule has 9 heteroatoms. The van der Waals surface area contributed by atoms with Gasteiger partial charge in [0, 0.05) is 28.7 Å². The van der Waals surface area contributed by atoms with Crippen LogP contribution in [-0.2, 0) is 24.7 Å². The van der Waals surface area contributed by atoms with Gasteiger partial charge in [-0.3, -0.25) is 19.3 Å². The van der Waals surface area contributed by atoms with Gasteiger partial charge in [0.25, 0.3) is 5.91 Å². The number of fused-ring (bicyclic) bond motifs is 7. The summed E-state index contributed by atoms with van der Waals surface area (Å²) < 4.78 is 5.00. The number of likely N-dealkylation sites (N-methyl/N-ethyl adjacent to an activating group) is 1. The van der Waals surface area contributed by atoms with Crippen molar-refractivity contribution in [1.29, 1.82) is 0 Å². The van der Waals surface area contributed by atoms with E-state index in [4.69, 9.17) is 4.74 Å². The average Bonchev–Trinajstić information content (AvgIpc) is 3.60. The molecule has 3 saturated heterocycles. The van der Waals surface area contributed by atoms with Crippen molar-refractivity contribution in [2.24, 2.45) is 11.8 Å². The standard InChI is InChI=1S/C26H27N3O5S/c1-5-27-16-10-7-6-9-15(16)26(25(27)33)20-19(17-11-8-12-28(17)26)21(30)29(22(20)31)23-18(24(32)34-4)13(2)14(3)35-23/h6-7,9-10,17,19-20H,5,8,11-12H2,1-4H3/t17-,19-,20-,26-/m1/s1. The second-order valence-corrected chi connectivity index (χ2v) is 10.9. The molecule has 182 valence electrons. The number of amides is 3. The molecule has 0 radical (unpaired) electrons. The number of hydrogen-bond acceptors (Lipinski definition) is 7. The largest absolute Gasteiger partial charge is 0.465 e. The minimum absolute atomic E-state index is 0.129. The minimum atomic E-state index is -1.20. The van der Waals surface area contributed by atoms with Crippen LogP contribution in [0.1, 0.15) is 46.1 Å². The molecule has 4 aliphatic heterocycles. The zero-order valence-corrected chi connectivity index (χ0v) is 21.0. The monoisotopic (exact) mass is 493 g/mol. The van der Waals surface area contributed by atoms with Gasteiger partial charge in [0.1, 0.15) is 10.5 Å². The van der Waals surface area contributed by atoms with E-state index in [2.05, 4.69) is 4.90 Å². The highest BCUT2D eigenvalue weighted by atomic mass is 32.1. The summed E-state index contributed by atoms with van der Waals surface area (Å²) in [6, 6.07) is 7.45. The molecule has 3 fully saturated rings. The van der Waals surface area contributed by atoms with Gasteiger partial charge in [-0.15, -0.1) is 11.3 Å². The lowest BCUT2D eigenvalue weighted by molar-refractivity contribution is -0.137. The summed E-state index contributed by atoms with van der Waals surface area (Å²) in [7, 11) is 1.29. The number of benzene rings is 1. The number of aryl methyl sites for hydroxylation is 1. The molecular formula is C26H27N3O5S. The SMILES string of the molecule is CCN1C(=O)[C@@]2(c3ccccc31)[C@H]1C(=O)N(c3sc(C)c(C)c3C(=O)OC)C(=O)[C@@H]1[C@H]1CCCN12. The summed E-state index contributed by atoms with van der Waals surface area (Å²) in [5, 5.41) is 0.307. The van der Waals surface area contributed by atoms with E-state index in [9.17, 15) is 19.2 Å². The van der Waals surface area contributed by atoms with E-state index in [0.29, 0.717) is 23.7 Å². The fraction of sp³-hybridized carbons (Fsp3) is 0.462. The number of hydrogen-bond donors (Lipinski definition) is 0. The summed E-state index contributed by atoms with van der Waals surface area (Å²) >= 11 is 1.25. The van der Waals surface area contributed by atoms with Crippen LogP contribution in [0.4, 0.5) is 10.7 Å². The predicted molar refractivity (Wildman–Crippen MR) is 130 cm³/mol. The first-order valence-corrected chi connectivity index (χ1v) is 12.9. The summed E-state index contributed by atoms with van der Waals surface area (Å²) in [5.41, 5.74) is 1.37. The van der Waals surface area contributed by atoms with Crippen LogP contribution in [0.15, 0.2) is 24.3 Å². The van der Waals surface area contributed by atoms with E-state index in [1.54, 1.807) is 11.8 Å². The quantitative estimate of drug-likeness (QED) is 0.483. The Morgan fingerprint density at radius 2 is 1.91 bits per heavy atom. The fourth-order valence-corrected chi connectivity index (χ4v) is 8.12. The van der Waals surface area contributed by atoms with Gasteiger partial charge in [-0.25, -0.2) is 9.69 Å². The molecule has 0 bridgehead atoms. The number of ether oxygens (including phenoxy) is 1. The molecule has 0 aliphatic carbocycles. The van der Waals surface area contributed by atoms with Crippen LogP contribution >= 0.6 is 11.3 Å². The van der Waals surface area contributed by atoms with Crippen molar-refractivity contribution >= 4 is 45.7 Å². The van der Waals surface area contributed by atoms with E-state index < -0.39 is 29.3 Å². The Balaban J connectivity index is 1.57. The van der Waals surface area contributed by atoms with Crippen LogP contribution in [0.2, 0.25) is 0 Å². The molecule has 35 heavy (non-hydrogen) atoms. The lowest BCUT2D eigenvalue weighted by Gasteiger charge is -2.37. The maximum Gasteiger partial charge on any atom is 0.341 e. The fourth-order valence-electron chi connectivity index (χ4n) is 6.96. The first-order chi connectivity index (χ1) is 16.8. The van der Waals surface area contributed by atoms with E-state index in [1.165, 1.54) is 23.3 Å². The number of nitrogens with zero attached hydrogens (tertiary/aromatic N) is 3. The lowest BCUT2D eigenvalue weighted by atomic mass is 9.75. The first kappa shape index (κ1) is 22.4. The van der Waals surface area contributed by atoms with E-state index in [0.717, 1.165) is 29.0 Å². The second-order valence-electron chi connectivity index (χ2n) is 9.71. The topological polar surface area (TPSA) is 87.2 Å². The van der Waals surface area contributed by atoms with E-state index in [1.807, 2.05) is 38.1 Å². The molecule has 8 nitrogen and oxygen atoms in total. The minimum Gasteiger partial charge on any atom is -0.465 e. The van der Waals surface area contributed by atoms with Gasteiger partial charge in [0.05, 0.1) is 24.5 Å². The third kappa shape index (κ3) is 2.50. The maximum atomic E-state index is 14.3. The van der Waals surface area contributed by atoms with Gasteiger partial charge in [0.2, 0.25) is 11.8 Å². The summed E-state index contributed by atoms with van der Waals surface area (Å²) in [5.74, 6) is -2.89. The first-order valence-electron chi connectivity index (χ1n) is 12.0. The molecule has 1 aromatic carbocycles. The zero-order chi connectivity index (χ0) is 24.8. The Bertz CT molecular complexity index is 1320. The van der Waals surface area contributed by atoms with Crippen molar-refractivity contribution in [3.05, 3.63) is 45.8 Å². The van der Waals surface area contributed by atoms with Crippen LogP contribution in [0.25, 0.3) is 0 Å². The van der Waals surface area contributed by atoms with Crippen molar-refractivity contribution in [1.82, 2.24) is 4.90 Å². The number of imide groups is 1. The molecule has 2 aromatic rings. The van der Waals surface area contributed by atoms with Crippen LogP contribution in [-0.4, -0.2) is 54.8 Å². The van der Waals surface area contributed by atoms with Gasteiger partial charge in [-0.05, 0) is 51.8 Å². The lowest BCUT2D eigenvalue weighted by Crippen LogP contribution is -2.56. The molecule has 1 aromatic heterocycles. The van der Waals surface area contributed by atoms with Crippen molar-refractivity contribution in [2.45, 2.75) is 45.2 Å². The second kappa shape index (κ2) is 7.48. The summed E-state index contributed by atoms with van der Waals surface area (Å²) in [4.78, 5) is 61.1. The molecule has 0 unspecified atom stereocenters. The van der Waals surface area contributed by atoms with Crippen molar-refractivity contribution < 1.29 is 23.9 Å². The van der Waals surface area contributed by atoms with Gasteiger partial charge in [0.15, 0.2) is 0 Å². The third-order valence-electron chi connectivity index (χ3n) is 8.42. The Labute approximate surface area is 207 Å². The molecule has 5 heterocycles. The van der Waals surface area contributed by atoms with Crippen LogP contribution in [0, 0.1) is 25.7 Å². The van der Waals surface area contributed by atoms with Crippen molar-refractivity contribution in [3.63, 3.8) is 0 Å². The zero-order valence-electron chi connectivity index (χ0n) is 20.2. The average molecular weight is 494 g/mol. The van der Waals surface area contributed by atoms with Gasteiger partial charge in [-0.1, -0.05) is 18.2 Å². The number of carbonyl (C=O) groups is 4. The Kier molecular flexibility index (Phi) is 4.79. The number of carbonyl (C=O) groups excluding carboxylic acids is 4. The molecule has 6 rings (SSSR count). The predicted octanol–water partition coefficient (Wildman–Crippen LogP) is 3.00. The van der Waals surface area contributed by atoms with Crippen LogP contribution < -0.4 is 9.80 Å². The highest BCUT2D eigenvalue weighted by molar-refractivity contribution is 7.17. The molecule has 1 spiro atoms. The van der Waals surface area contributed by atoms with E-state index >= 15 is 0 Å². The normalized spacial score (nSPS) is 29.4. The van der Waals surface area contributed by atoms with Crippen LogP contribution in [0.3, 0.4) is 0 Å². The Morgan fingerprint density at radius 3 is 2.63 bits per heavy atom. The number of esters is 1. The van der Waals surface area contributed by atoms with Crippen LogP contribution in [0.5, 0.6) is 0 Å². The third-order valence-corrected chi connectivity index (χ3v) is 9.61. The molecule has 4 aliphatic rings. The summed E-state index contributed by atoms with van der Waals surface area (Å²) in [6.07, 6.45) is 1.62. The highest BCUT2D eigenvalue weighted by Gasteiger charge is 2.75. The van der Waals surface area contributed by atoms with Gasteiger partial charge < -0.3 is 9.64 Å². The molecular weight excluding hydrogens is 466 g/mol. The number of para-hydroxylation sites is 1. The number of methoxy groups -OCH3 is 1. The number of thiophene rings is 1. The molecule has 4 atom stereocenters. The van der Waals surface area contributed by atoms with Gasteiger partial charge in [-0.2, -0.15) is 0 Å². The summed E-state index contributed by atoms with van der Waals surface area (Å²) in [6.45, 7) is 6.73. The van der Waals surface area contributed by atoms with E-state index in [-0.39, 0.29) is 23.4 Å². The Morgan fingerprint density at radius 1 is 1.17 bits per heavy atom. The molecule has 0 saturated carbocycles. The number of anilines is 2. The maximum absolute atomic E-state index is 14.3. The van der Waals surface area contributed by atoms with Gasteiger partial charge >= 0.3 is 5.97 Å². The van der Waals surface area contributed by atoms with Crippen molar-refractivity contribution in [2.75, 3.05) is 30.0 Å². The number of rotatable bonds is 3. The molecule has 3 amide bonds. The molecule has 0 N–H and O–H groups in total. The van der Waals surface area contributed by atoms with Crippen molar-refractivity contribution in [3.8, 4) is 0 Å². The smallest absolute Gasteiger partial charge is 0.341 e.